The van der Waals surface area contributed by atoms with Crippen LogP contribution >= 0.6 is 0 Å². The molecule has 2 amide bonds. The molecule has 1 aliphatic carbocycles. The molecule has 4 rings (SSSR count). The Bertz CT molecular complexity index is 1260. The van der Waals surface area contributed by atoms with Crippen molar-refractivity contribution in [2.75, 3.05) is 20.8 Å². The highest BCUT2D eigenvalue weighted by Gasteiger charge is 2.19. The van der Waals surface area contributed by atoms with Crippen molar-refractivity contribution in [2.45, 2.75) is 38.6 Å². The highest BCUT2D eigenvalue weighted by molar-refractivity contribution is 5.99. The standard InChI is InChI=1S/C26H30N4O5/c1-34-23-13-19(26(33)35-2)8-7-17(23)12-21-20-11-18(25(32)28-14-16-5-3-4-6-16)9-10-22(20)30(29-21)15-24(27)31/h7-11,13,16H,3-6,12,14-15H2,1-2H3,(H2,27,31)(H,28,32). The molecule has 0 bridgehead atoms. The number of fused-ring (bicyclic) bond motifs is 1. The van der Waals surface area contributed by atoms with Gasteiger partial charge in [-0.05, 0) is 49.1 Å². The fraction of sp³-hybridized carbons (Fsp3) is 0.385. The van der Waals surface area contributed by atoms with Gasteiger partial charge in [-0.25, -0.2) is 4.79 Å². The predicted octanol–water partition coefficient (Wildman–Crippen LogP) is 2.83. The fourth-order valence-corrected chi connectivity index (χ4v) is 4.66. The Morgan fingerprint density at radius 3 is 2.51 bits per heavy atom. The molecule has 0 radical (unpaired) electrons. The maximum absolute atomic E-state index is 12.9. The van der Waals surface area contributed by atoms with E-state index in [0.717, 1.165) is 23.8 Å². The first-order valence-electron chi connectivity index (χ1n) is 11.7. The molecule has 1 fully saturated rings. The van der Waals surface area contributed by atoms with Crippen molar-refractivity contribution >= 4 is 28.7 Å². The van der Waals surface area contributed by atoms with Crippen molar-refractivity contribution < 1.29 is 23.9 Å². The summed E-state index contributed by atoms with van der Waals surface area (Å²) >= 11 is 0. The summed E-state index contributed by atoms with van der Waals surface area (Å²) in [4.78, 5) is 36.4. The van der Waals surface area contributed by atoms with Crippen LogP contribution in [-0.4, -0.2) is 48.3 Å². The molecule has 9 nitrogen and oxygen atoms in total. The number of amides is 2. The number of methoxy groups -OCH3 is 2. The lowest BCUT2D eigenvalue weighted by atomic mass is 10.0. The SMILES string of the molecule is COC(=O)c1ccc(Cc2nn(CC(N)=O)c3ccc(C(=O)NCC4CCCC4)cc23)c(OC)c1. The van der Waals surface area contributed by atoms with E-state index in [-0.39, 0.29) is 12.5 Å². The zero-order chi connectivity index (χ0) is 24.9. The van der Waals surface area contributed by atoms with Gasteiger partial charge in [0.25, 0.3) is 5.91 Å². The van der Waals surface area contributed by atoms with Gasteiger partial charge in [0.1, 0.15) is 12.3 Å². The van der Waals surface area contributed by atoms with E-state index < -0.39 is 11.9 Å². The van der Waals surface area contributed by atoms with E-state index in [4.69, 9.17) is 15.2 Å². The number of nitrogens with two attached hydrogens (primary N) is 1. The number of nitrogens with zero attached hydrogens (tertiary/aromatic N) is 2. The van der Waals surface area contributed by atoms with E-state index in [2.05, 4.69) is 10.4 Å². The van der Waals surface area contributed by atoms with Crippen LogP contribution in [0.15, 0.2) is 36.4 Å². The van der Waals surface area contributed by atoms with E-state index in [1.165, 1.54) is 27.1 Å². The van der Waals surface area contributed by atoms with Crippen LogP contribution in [0.5, 0.6) is 5.75 Å². The number of carbonyl (C=O) groups is 3. The highest BCUT2D eigenvalue weighted by Crippen LogP contribution is 2.28. The average molecular weight is 479 g/mol. The number of rotatable bonds is 9. The molecule has 2 aromatic carbocycles. The molecular weight excluding hydrogens is 448 g/mol. The lowest BCUT2D eigenvalue weighted by Gasteiger charge is -2.11. The molecule has 0 aliphatic heterocycles. The zero-order valence-corrected chi connectivity index (χ0v) is 20.0. The summed E-state index contributed by atoms with van der Waals surface area (Å²) in [5, 5.41) is 8.42. The maximum Gasteiger partial charge on any atom is 0.337 e. The maximum atomic E-state index is 12.9. The topological polar surface area (TPSA) is 126 Å². The van der Waals surface area contributed by atoms with Crippen LogP contribution in [0.3, 0.4) is 0 Å². The Morgan fingerprint density at radius 2 is 1.83 bits per heavy atom. The lowest BCUT2D eigenvalue weighted by molar-refractivity contribution is -0.118. The molecule has 1 aromatic heterocycles. The number of hydrogen-bond donors (Lipinski definition) is 2. The van der Waals surface area contributed by atoms with Crippen LogP contribution in [0.1, 0.15) is 57.7 Å². The Balaban J connectivity index is 1.66. The zero-order valence-electron chi connectivity index (χ0n) is 20.0. The molecule has 3 N–H and O–H groups in total. The summed E-state index contributed by atoms with van der Waals surface area (Å²) in [6.07, 6.45) is 5.11. The summed E-state index contributed by atoms with van der Waals surface area (Å²) in [6, 6.07) is 10.4. The number of carbonyl (C=O) groups excluding carboxylic acids is 3. The molecule has 0 unspecified atom stereocenters. The predicted molar refractivity (Wildman–Crippen MR) is 130 cm³/mol. The average Bonchev–Trinajstić information content (AvgIpc) is 3.50. The van der Waals surface area contributed by atoms with E-state index in [9.17, 15) is 14.4 Å². The van der Waals surface area contributed by atoms with Gasteiger partial charge >= 0.3 is 5.97 Å². The summed E-state index contributed by atoms with van der Waals surface area (Å²) in [7, 11) is 2.85. The van der Waals surface area contributed by atoms with Gasteiger partial charge in [0.2, 0.25) is 5.91 Å². The molecule has 0 saturated heterocycles. The second-order valence-corrected chi connectivity index (χ2v) is 8.86. The minimum atomic E-state index is -0.514. The molecule has 35 heavy (non-hydrogen) atoms. The number of primary amides is 1. The molecule has 1 heterocycles. The first-order chi connectivity index (χ1) is 16.9. The van der Waals surface area contributed by atoms with Crippen molar-refractivity contribution in [3.63, 3.8) is 0 Å². The van der Waals surface area contributed by atoms with Gasteiger partial charge in [0.15, 0.2) is 0 Å². The first-order valence-corrected chi connectivity index (χ1v) is 11.7. The minimum Gasteiger partial charge on any atom is -0.496 e. The third-order valence-corrected chi connectivity index (χ3v) is 6.49. The van der Waals surface area contributed by atoms with Gasteiger partial charge in [0, 0.05) is 29.5 Å². The van der Waals surface area contributed by atoms with Gasteiger partial charge < -0.3 is 20.5 Å². The quantitative estimate of drug-likeness (QED) is 0.456. The van der Waals surface area contributed by atoms with Gasteiger partial charge in [-0.1, -0.05) is 18.9 Å². The first kappa shape index (κ1) is 24.3. The Morgan fingerprint density at radius 1 is 1.09 bits per heavy atom. The van der Waals surface area contributed by atoms with Gasteiger partial charge in [-0.15, -0.1) is 0 Å². The molecular formula is C26H30N4O5. The van der Waals surface area contributed by atoms with Crippen LogP contribution in [-0.2, 0) is 22.5 Å². The summed E-state index contributed by atoms with van der Waals surface area (Å²) in [6.45, 7) is 0.594. The second kappa shape index (κ2) is 10.6. The Hall–Kier alpha value is -3.88. The Labute approximate surface area is 203 Å². The third-order valence-electron chi connectivity index (χ3n) is 6.49. The van der Waals surface area contributed by atoms with Crippen LogP contribution in [0.2, 0.25) is 0 Å². The summed E-state index contributed by atoms with van der Waals surface area (Å²) in [5.74, 6) is -0.0565. The van der Waals surface area contributed by atoms with Gasteiger partial charge in [0.05, 0.1) is 31.0 Å². The molecule has 1 saturated carbocycles. The number of benzene rings is 2. The lowest BCUT2D eigenvalue weighted by Crippen LogP contribution is -2.28. The molecule has 0 spiro atoms. The number of hydrogen-bond acceptors (Lipinski definition) is 6. The smallest absolute Gasteiger partial charge is 0.337 e. The van der Waals surface area contributed by atoms with Gasteiger partial charge in [-0.2, -0.15) is 5.10 Å². The van der Waals surface area contributed by atoms with Crippen molar-refractivity contribution in [3.8, 4) is 5.75 Å². The van der Waals surface area contributed by atoms with E-state index in [1.807, 2.05) is 0 Å². The summed E-state index contributed by atoms with van der Waals surface area (Å²) < 4.78 is 11.8. The molecule has 0 atom stereocenters. The van der Waals surface area contributed by atoms with Gasteiger partial charge in [-0.3, -0.25) is 14.3 Å². The van der Waals surface area contributed by atoms with E-state index in [1.54, 1.807) is 41.1 Å². The Kier molecular flexibility index (Phi) is 7.33. The molecule has 184 valence electrons. The second-order valence-electron chi connectivity index (χ2n) is 8.86. The van der Waals surface area contributed by atoms with Crippen LogP contribution in [0.4, 0.5) is 0 Å². The minimum absolute atomic E-state index is 0.0812. The number of nitrogens with one attached hydrogen (secondary N) is 1. The molecule has 3 aromatic rings. The fourth-order valence-electron chi connectivity index (χ4n) is 4.66. The largest absolute Gasteiger partial charge is 0.496 e. The number of aromatic nitrogens is 2. The number of ether oxygens (including phenoxy) is 2. The van der Waals surface area contributed by atoms with E-state index in [0.29, 0.717) is 47.0 Å². The normalized spacial score (nSPS) is 13.7. The van der Waals surface area contributed by atoms with Crippen molar-refractivity contribution in [2.24, 2.45) is 11.7 Å². The monoisotopic (exact) mass is 478 g/mol. The third kappa shape index (κ3) is 5.45. The van der Waals surface area contributed by atoms with Crippen LogP contribution < -0.4 is 15.8 Å². The summed E-state index contributed by atoms with van der Waals surface area (Å²) in [5.41, 5.74) is 8.50. The van der Waals surface area contributed by atoms with Crippen molar-refractivity contribution in [3.05, 3.63) is 58.8 Å². The van der Waals surface area contributed by atoms with Crippen molar-refractivity contribution in [1.82, 2.24) is 15.1 Å². The molecule has 9 heteroatoms. The van der Waals surface area contributed by atoms with Crippen LogP contribution in [0.25, 0.3) is 10.9 Å². The van der Waals surface area contributed by atoms with Crippen LogP contribution in [0, 0.1) is 5.92 Å². The van der Waals surface area contributed by atoms with Crippen molar-refractivity contribution in [1.29, 1.82) is 0 Å². The highest BCUT2D eigenvalue weighted by atomic mass is 16.5. The number of esters is 1. The molecule has 1 aliphatic rings. The van der Waals surface area contributed by atoms with E-state index >= 15 is 0 Å².